The van der Waals surface area contributed by atoms with Gasteiger partial charge in [0, 0.05) is 22.2 Å². The highest BCUT2D eigenvalue weighted by atomic mass is 35.5. The first-order valence-corrected chi connectivity index (χ1v) is 6.42. The summed E-state index contributed by atoms with van der Waals surface area (Å²) in [7, 11) is 1.47. The molecule has 0 radical (unpaired) electrons. The second-order valence-corrected chi connectivity index (χ2v) is 4.80. The van der Waals surface area contributed by atoms with Crippen molar-refractivity contribution in [2.75, 3.05) is 7.11 Å². The molecule has 5 heteroatoms. The number of halogens is 3. The summed E-state index contributed by atoms with van der Waals surface area (Å²) >= 11 is 5.97. The smallest absolute Gasteiger partial charge is 0.127 e. The number of ether oxygens (including phenoxy) is 1. The summed E-state index contributed by atoms with van der Waals surface area (Å²) in [5.41, 5.74) is 6.83. The highest BCUT2D eigenvalue weighted by Gasteiger charge is 2.17. The largest absolute Gasteiger partial charge is 0.496 e. The standard InChI is InChI=1S/C15H14ClF2NO/c1-20-15-6-5-9(17)7-11(15)14(19)8-10-12(16)3-2-4-13(10)18/h2-7,14H,8,19H2,1H3. The Hall–Kier alpha value is -1.65. The lowest BCUT2D eigenvalue weighted by molar-refractivity contribution is 0.403. The Bertz CT molecular complexity index is 599. The Balaban J connectivity index is 2.33. The first kappa shape index (κ1) is 14.8. The lowest BCUT2D eigenvalue weighted by atomic mass is 9.98. The van der Waals surface area contributed by atoms with Crippen molar-refractivity contribution in [2.45, 2.75) is 12.5 Å². The van der Waals surface area contributed by atoms with Crippen LogP contribution in [0.25, 0.3) is 0 Å². The summed E-state index contributed by atoms with van der Waals surface area (Å²) in [6.07, 6.45) is 0.158. The van der Waals surface area contributed by atoms with Crippen molar-refractivity contribution >= 4 is 11.6 Å². The number of hydrogen-bond acceptors (Lipinski definition) is 2. The molecule has 0 spiro atoms. The molecule has 2 N–H and O–H groups in total. The molecule has 20 heavy (non-hydrogen) atoms. The maximum Gasteiger partial charge on any atom is 0.127 e. The summed E-state index contributed by atoms with van der Waals surface area (Å²) in [5.74, 6) is -0.384. The Kier molecular flexibility index (Phi) is 4.57. The van der Waals surface area contributed by atoms with Gasteiger partial charge in [0.1, 0.15) is 17.4 Å². The van der Waals surface area contributed by atoms with Crippen molar-refractivity contribution in [1.82, 2.24) is 0 Å². The molecule has 0 aliphatic rings. The van der Waals surface area contributed by atoms with Crippen LogP contribution >= 0.6 is 11.6 Å². The summed E-state index contributed by atoms with van der Waals surface area (Å²) in [6, 6.07) is 7.88. The molecule has 0 aromatic heterocycles. The molecule has 0 aliphatic heterocycles. The van der Waals surface area contributed by atoms with Crippen LogP contribution in [0.15, 0.2) is 36.4 Å². The van der Waals surface area contributed by atoms with Crippen LogP contribution < -0.4 is 10.5 Å². The fourth-order valence-corrected chi connectivity index (χ4v) is 2.29. The maximum absolute atomic E-state index is 13.7. The van der Waals surface area contributed by atoms with Crippen molar-refractivity contribution < 1.29 is 13.5 Å². The molecule has 0 aliphatic carbocycles. The Morgan fingerprint density at radius 3 is 2.65 bits per heavy atom. The molecule has 2 nitrogen and oxygen atoms in total. The van der Waals surface area contributed by atoms with Gasteiger partial charge in [-0.2, -0.15) is 0 Å². The van der Waals surface area contributed by atoms with E-state index >= 15 is 0 Å². The minimum Gasteiger partial charge on any atom is -0.496 e. The third-order valence-electron chi connectivity index (χ3n) is 3.08. The van der Waals surface area contributed by atoms with Crippen LogP contribution in [-0.2, 0) is 6.42 Å². The van der Waals surface area contributed by atoms with Crippen molar-refractivity contribution in [1.29, 1.82) is 0 Å². The maximum atomic E-state index is 13.7. The molecule has 1 unspecified atom stereocenters. The number of hydrogen-bond donors (Lipinski definition) is 1. The molecule has 0 bridgehead atoms. The second kappa shape index (κ2) is 6.20. The average molecular weight is 298 g/mol. The Morgan fingerprint density at radius 1 is 1.25 bits per heavy atom. The zero-order valence-corrected chi connectivity index (χ0v) is 11.6. The van der Waals surface area contributed by atoms with Gasteiger partial charge >= 0.3 is 0 Å². The van der Waals surface area contributed by atoms with E-state index in [1.807, 2.05) is 0 Å². The summed E-state index contributed by atoms with van der Waals surface area (Å²) in [5, 5.41) is 0.302. The number of methoxy groups -OCH3 is 1. The predicted molar refractivity (Wildman–Crippen MR) is 75.0 cm³/mol. The lowest BCUT2D eigenvalue weighted by Crippen LogP contribution is -2.16. The van der Waals surface area contributed by atoms with Crippen molar-refractivity contribution in [2.24, 2.45) is 5.73 Å². The quantitative estimate of drug-likeness (QED) is 0.930. The minimum atomic E-state index is -0.616. The number of nitrogens with two attached hydrogens (primary N) is 1. The van der Waals surface area contributed by atoms with Crippen LogP contribution in [0.4, 0.5) is 8.78 Å². The van der Waals surface area contributed by atoms with Crippen molar-refractivity contribution in [3.05, 3.63) is 64.2 Å². The van der Waals surface area contributed by atoms with E-state index in [1.165, 1.54) is 37.4 Å². The highest BCUT2D eigenvalue weighted by molar-refractivity contribution is 6.31. The van der Waals surface area contributed by atoms with E-state index < -0.39 is 17.7 Å². The van der Waals surface area contributed by atoms with Gasteiger partial charge in [0.25, 0.3) is 0 Å². The molecule has 106 valence electrons. The van der Waals surface area contributed by atoms with Gasteiger partial charge < -0.3 is 10.5 Å². The van der Waals surface area contributed by atoms with Crippen LogP contribution in [0.5, 0.6) is 5.75 Å². The van der Waals surface area contributed by atoms with E-state index in [-0.39, 0.29) is 6.42 Å². The molecule has 1 atom stereocenters. The van der Waals surface area contributed by atoms with Gasteiger partial charge in [0.15, 0.2) is 0 Å². The first-order chi connectivity index (χ1) is 9.52. The van der Waals surface area contributed by atoms with Crippen molar-refractivity contribution in [3.8, 4) is 5.75 Å². The molecule has 2 rings (SSSR count). The summed E-state index contributed by atoms with van der Waals surface area (Å²) in [4.78, 5) is 0. The number of rotatable bonds is 4. The zero-order valence-electron chi connectivity index (χ0n) is 10.9. The molecule has 0 saturated carbocycles. The van der Waals surface area contributed by atoms with Gasteiger partial charge in [0.05, 0.1) is 7.11 Å². The van der Waals surface area contributed by atoms with Gasteiger partial charge in [-0.1, -0.05) is 17.7 Å². The molecule has 2 aromatic rings. The van der Waals surface area contributed by atoms with Crippen LogP contribution in [0.2, 0.25) is 5.02 Å². The Morgan fingerprint density at radius 2 is 2.00 bits per heavy atom. The Labute approximate surface area is 121 Å². The van der Waals surface area contributed by atoms with Gasteiger partial charge in [-0.25, -0.2) is 8.78 Å². The fourth-order valence-electron chi connectivity index (χ4n) is 2.05. The first-order valence-electron chi connectivity index (χ1n) is 6.05. The van der Waals surface area contributed by atoms with E-state index in [0.29, 0.717) is 21.9 Å². The second-order valence-electron chi connectivity index (χ2n) is 4.40. The average Bonchev–Trinajstić information content (AvgIpc) is 2.43. The van der Waals surface area contributed by atoms with E-state index in [0.717, 1.165) is 0 Å². The lowest BCUT2D eigenvalue weighted by Gasteiger charge is -2.17. The summed E-state index contributed by atoms with van der Waals surface area (Å²) < 4.78 is 32.2. The SMILES string of the molecule is COc1ccc(F)cc1C(N)Cc1c(F)cccc1Cl. The summed E-state index contributed by atoms with van der Waals surface area (Å²) in [6.45, 7) is 0. The molecular formula is C15H14ClF2NO. The van der Waals surface area contributed by atoms with E-state index in [4.69, 9.17) is 22.1 Å². The van der Waals surface area contributed by atoms with E-state index in [9.17, 15) is 8.78 Å². The molecule has 0 saturated heterocycles. The van der Waals surface area contributed by atoms with E-state index in [2.05, 4.69) is 0 Å². The predicted octanol–water partition coefficient (Wildman–Crippen LogP) is 3.87. The normalized spacial score (nSPS) is 12.2. The third kappa shape index (κ3) is 3.08. The van der Waals surface area contributed by atoms with Gasteiger partial charge in [-0.15, -0.1) is 0 Å². The van der Waals surface area contributed by atoms with Crippen LogP contribution in [0.1, 0.15) is 17.2 Å². The monoisotopic (exact) mass is 297 g/mol. The minimum absolute atomic E-state index is 0.158. The van der Waals surface area contributed by atoms with Gasteiger partial charge in [-0.3, -0.25) is 0 Å². The molecule has 0 amide bonds. The zero-order chi connectivity index (χ0) is 14.7. The van der Waals surface area contributed by atoms with Crippen LogP contribution in [0.3, 0.4) is 0 Å². The van der Waals surface area contributed by atoms with Crippen molar-refractivity contribution in [3.63, 3.8) is 0 Å². The van der Waals surface area contributed by atoms with Crippen LogP contribution in [-0.4, -0.2) is 7.11 Å². The van der Waals surface area contributed by atoms with Crippen LogP contribution in [0, 0.1) is 11.6 Å². The fraction of sp³-hybridized carbons (Fsp3) is 0.200. The topological polar surface area (TPSA) is 35.2 Å². The molecule has 2 aromatic carbocycles. The number of benzene rings is 2. The third-order valence-corrected chi connectivity index (χ3v) is 3.43. The highest BCUT2D eigenvalue weighted by Crippen LogP contribution is 2.29. The molecule has 0 heterocycles. The molecule has 0 fully saturated rings. The molecular weight excluding hydrogens is 284 g/mol. The van der Waals surface area contributed by atoms with Gasteiger partial charge in [0.2, 0.25) is 0 Å². The van der Waals surface area contributed by atoms with Gasteiger partial charge in [-0.05, 0) is 36.8 Å². The van der Waals surface area contributed by atoms with E-state index in [1.54, 1.807) is 6.07 Å².